The Bertz CT molecular complexity index is 1260. The van der Waals surface area contributed by atoms with Gasteiger partial charge in [-0.05, 0) is 13.0 Å². The molecule has 2 rings (SSSR count). The van der Waals surface area contributed by atoms with Crippen molar-refractivity contribution in [2.75, 3.05) is 13.2 Å². The number of hydrogen-bond acceptors (Lipinski definition) is 6. The summed E-state index contributed by atoms with van der Waals surface area (Å²) in [7, 11) is 0.770. The van der Waals surface area contributed by atoms with Crippen molar-refractivity contribution in [3.05, 3.63) is 68.2 Å². The Morgan fingerprint density at radius 3 is 2.51 bits per heavy atom. The minimum Gasteiger partial charge on any atom is -0.479 e. The largest absolute Gasteiger partial charge is 0.479 e. The zero-order valence-electron chi connectivity index (χ0n) is 18.4. The molecule has 2 aromatic rings. The fraction of sp³-hybridized carbons (Fsp3) is 0.333. The number of amides is 1. The molecular formula is C21H20ClF4N3O6. The number of nitrogens with one attached hydrogen (secondary N) is 1. The van der Waals surface area contributed by atoms with Crippen LogP contribution in [-0.4, -0.2) is 40.3 Å². The Morgan fingerprint density at radius 1 is 1.26 bits per heavy atom. The van der Waals surface area contributed by atoms with Gasteiger partial charge in [-0.25, -0.2) is 13.8 Å². The number of aromatic nitrogens is 2. The van der Waals surface area contributed by atoms with Gasteiger partial charge >= 0.3 is 17.8 Å². The van der Waals surface area contributed by atoms with Gasteiger partial charge in [0.05, 0.1) is 17.1 Å². The van der Waals surface area contributed by atoms with E-state index in [1.165, 1.54) is 13.0 Å². The smallest absolute Gasteiger partial charge is 0.431 e. The maximum absolute atomic E-state index is 14.6. The lowest BCUT2D eigenvalue weighted by Crippen LogP contribution is -2.41. The number of alkyl halides is 3. The van der Waals surface area contributed by atoms with Gasteiger partial charge in [-0.15, -0.1) is 0 Å². The molecule has 1 aromatic carbocycles. The molecule has 1 aromatic heterocycles. The van der Waals surface area contributed by atoms with Gasteiger partial charge < -0.3 is 14.8 Å². The van der Waals surface area contributed by atoms with E-state index in [1.54, 1.807) is 0 Å². The first kappa shape index (κ1) is 27.6. The van der Waals surface area contributed by atoms with Crippen LogP contribution in [0.5, 0.6) is 5.75 Å². The van der Waals surface area contributed by atoms with Gasteiger partial charge in [0.2, 0.25) is 0 Å². The fourth-order valence-electron chi connectivity index (χ4n) is 2.80. The maximum atomic E-state index is 14.6. The van der Waals surface area contributed by atoms with Crippen LogP contribution in [0.4, 0.5) is 17.6 Å². The van der Waals surface area contributed by atoms with Crippen LogP contribution in [-0.2, 0) is 27.5 Å². The van der Waals surface area contributed by atoms with E-state index < -0.39 is 52.6 Å². The minimum absolute atomic E-state index is 0.0167. The van der Waals surface area contributed by atoms with E-state index in [2.05, 4.69) is 11.9 Å². The van der Waals surface area contributed by atoms with Gasteiger partial charge in [0.15, 0.2) is 6.10 Å². The fourth-order valence-corrected chi connectivity index (χ4v) is 2.99. The summed E-state index contributed by atoms with van der Waals surface area (Å²) in [6, 6.07) is 1.63. The number of halogens is 5. The summed E-state index contributed by atoms with van der Waals surface area (Å²) in [6.07, 6.45) is -4.98. The molecule has 0 spiro atoms. The van der Waals surface area contributed by atoms with E-state index in [4.69, 9.17) is 21.1 Å². The summed E-state index contributed by atoms with van der Waals surface area (Å²) in [4.78, 5) is 48.4. The van der Waals surface area contributed by atoms with Crippen LogP contribution in [0.1, 0.15) is 19.0 Å². The molecule has 0 aliphatic heterocycles. The van der Waals surface area contributed by atoms with Crippen molar-refractivity contribution in [3.63, 3.8) is 0 Å². The molecule has 1 atom stereocenters. The van der Waals surface area contributed by atoms with Crippen LogP contribution in [0.2, 0.25) is 5.02 Å². The second-order valence-corrected chi connectivity index (χ2v) is 7.46. The average molecular weight is 522 g/mol. The predicted molar refractivity (Wildman–Crippen MR) is 116 cm³/mol. The number of carbonyl (C=O) groups excluding carboxylic acids is 2. The first-order valence-electron chi connectivity index (χ1n) is 9.88. The number of rotatable bonds is 9. The quantitative estimate of drug-likeness (QED) is 0.308. The Balaban J connectivity index is 2.29. The van der Waals surface area contributed by atoms with Crippen molar-refractivity contribution in [1.82, 2.24) is 14.5 Å². The van der Waals surface area contributed by atoms with Gasteiger partial charge in [0.25, 0.3) is 11.5 Å². The van der Waals surface area contributed by atoms with Crippen molar-refractivity contribution in [2.24, 2.45) is 7.05 Å². The minimum atomic E-state index is -5.00. The van der Waals surface area contributed by atoms with Crippen molar-refractivity contribution < 1.29 is 36.6 Å². The number of nitrogens with zero attached hydrogens (tertiary/aromatic N) is 2. The normalized spacial score (nSPS) is 12.1. The molecule has 0 saturated heterocycles. The lowest BCUT2D eigenvalue weighted by Gasteiger charge is -2.18. The number of esters is 1. The monoisotopic (exact) mass is 521 g/mol. The second-order valence-electron chi connectivity index (χ2n) is 7.05. The topological polar surface area (TPSA) is 109 Å². The third kappa shape index (κ3) is 6.72. The molecule has 0 fully saturated rings. The van der Waals surface area contributed by atoms with Gasteiger partial charge in [-0.3, -0.25) is 19.0 Å². The predicted octanol–water partition coefficient (Wildman–Crippen LogP) is 2.35. The Labute approximate surface area is 200 Å². The van der Waals surface area contributed by atoms with E-state index in [-0.39, 0.29) is 45.5 Å². The van der Waals surface area contributed by atoms with E-state index in [9.17, 15) is 36.7 Å². The third-order valence-corrected chi connectivity index (χ3v) is 4.81. The van der Waals surface area contributed by atoms with E-state index in [0.29, 0.717) is 6.07 Å². The molecule has 1 heterocycles. The highest BCUT2D eigenvalue weighted by atomic mass is 35.5. The van der Waals surface area contributed by atoms with Crippen LogP contribution in [0.15, 0.2) is 40.4 Å². The summed E-state index contributed by atoms with van der Waals surface area (Å²) in [5, 5.41) is 2.07. The van der Waals surface area contributed by atoms with Gasteiger partial charge in [-0.1, -0.05) is 24.3 Å². The Hall–Kier alpha value is -3.61. The van der Waals surface area contributed by atoms with Crippen molar-refractivity contribution in [2.45, 2.75) is 25.6 Å². The highest BCUT2D eigenvalue weighted by molar-refractivity contribution is 6.32. The van der Waals surface area contributed by atoms with Gasteiger partial charge in [0.1, 0.15) is 23.9 Å². The lowest BCUT2D eigenvalue weighted by atomic mass is 10.2. The SMILES string of the molecule is C=CCOC(=O)CCNC(=O)C(C)Oc1cc(-n2c(=O)cc(C(F)(F)F)n(C)c2=O)c(F)cc1Cl. The molecule has 9 nitrogen and oxygen atoms in total. The van der Waals surface area contributed by atoms with E-state index in [1.807, 2.05) is 0 Å². The first-order chi connectivity index (χ1) is 16.3. The van der Waals surface area contributed by atoms with Gasteiger partial charge in [-0.2, -0.15) is 13.2 Å². The maximum Gasteiger partial charge on any atom is 0.431 e. The summed E-state index contributed by atoms with van der Waals surface area (Å²) in [5.74, 6) is -2.79. The standard InChI is InChI=1S/C21H20ClF4N3O6/c1-4-7-34-18(31)5-6-27-19(32)11(2)35-15-9-14(13(23)8-12(15)22)29-17(30)10-16(21(24,25)26)28(3)20(29)33/h4,8-11H,1,5-7H2,2-3H3,(H,27,32). The molecule has 0 aliphatic carbocycles. The summed E-state index contributed by atoms with van der Waals surface area (Å²) >= 11 is 5.94. The van der Waals surface area contributed by atoms with Crippen LogP contribution < -0.4 is 21.3 Å². The van der Waals surface area contributed by atoms with Crippen molar-refractivity contribution >= 4 is 23.5 Å². The molecule has 0 radical (unpaired) electrons. The molecule has 14 heteroatoms. The number of ether oxygens (including phenoxy) is 2. The van der Waals surface area contributed by atoms with Crippen molar-refractivity contribution in [1.29, 1.82) is 0 Å². The summed E-state index contributed by atoms with van der Waals surface area (Å²) in [5.41, 5.74) is -5.16. The number of benzene rings is 1. The molecule has 0 saturated carbocycles. The molecule has 190 valence electrons. The Morgan fingerprint density at radius 2 is 1.91 bits per heavy atom. The van der Waals surface area contributed by atoms with Crippen LogP contribution in [0.25, 0.3) is 5.69 Å². The molecule has 1 N–H and O–H groups in total. The lowest BCUT2D eigenvalue weighted by molar-refractivity contribution is -0.144. The highest BCUT2D eigenvalue weighted by Crippen LogP contribution is 2.30. The van der Waals surface area contributed by atoms with Crippen molar-refractivity contribution in [3.8, 4) is 11.4 Å². The second kappa shape index (κ2) is 11.2. The first-order valence-corrected chi connectivity index (χ1v) is 10.3. The van der Waals surface area contributed by atoms with Crippen LogP contribution in [0.3, 0.4) is 0 Å². The van der Waals surface area contributed by atoms with E-state index >= 15 is 0 Å². The molecule has 1 amide bonds. The molecule has 0 aliphatic rings. The summed E-state index contributed by atoms with van der Waals surface area (Å²) in [6.45, 7) is 4.62. The highest BCUT2D eigenvalue weighted by Gasteiger charge is 2.35. The van der Waals surface area contributed by atoms with Crippen LogP contribution in [0, 0.1) is 5.82 Å². The third-order valence-electron chi connectivity index (χ3n) is 4.52. The molecule has 1 unspecified atom stereocenters. The van der Waals surface area contributed by atoms with Gasteiger partial charge in [0, 0.05) is 25.7 Å². The Kier molecular flexibility index (Phi) is 8.85. The number of carbonyl (C=O) groups is 2. The average Bonchev–Trinajstić information content (AvgIpc) is 2.76. The molecule has 35 heavy (non-hydrogen) atoms. The zero-order valence-corrected chi connectivity index (χ0v) is 19.2. The van der Waals surface area contributed by atoms with Crippen LogP contribution >= 0.6 is 11.6 Å². The van der Waals surface area contributed by atoms with E-state index in [0.717, 1.165) is 13.1 Å². The molecule has 0 bridgehead atoms. The molecular weight excluding hydrogens is 502 g/mol. The number of hydrogen-bond donors (Lipinski definition) is 1. The zero-order chi connectivity index (χ0) is 26.5. The summed E-state index contributed by atoms with van der Waals surface area (Å²) < 4.78 is 64.2.